The van der Waals surface area contributed by atoms with E-state index in [0.717, 1.165) is 43.1 Å². The highest BCUT2D eigenvalue weighted by Gasteiger charge is 2.20. The number of rotatable bonds is 8. The maximum atomic E-state index is 4.89. The maximum absolute atomic E-state index is 4.89. The van der Waals surface area contributed by atoms with Crippen LogP contribution in [-0.4, -0.2) is 62.6 Å². The van der Waals surface area contributed by atoms with Crippen LogP contribution in [0, 0.1) is 0 Å². The minimum Gasteiger partial charge on any atom is -0.378 e. The van der Waals surface area contributed by atoms with E-state index in [1.165, 1.54) is 22.6 Å². The Hall–Kier alpha value is -2.61. The summed E-state index contributed by atoms with van der Waals surface area (Å²) in [5, 5.41) is 0. The lowest BCUT2D eigenvalue weighted by atomic mass is 10.1. The molecule has 1 aliphatic rings. The van der Waals surface area contributed by atoms with Gasteiger partial charge in [-0.15, -0.1) is 25.3 Å². The van der Waals surface area contributed by atoms with Crippen molar-refractivity contribution in [2.24, 2.45) is 4.99 Å². The van der Waals surface area contributed by atoms with Crippen molar-refractivity contribution in [1.82, 2.24) is 4.90 Å². The fourth-order valence-electron chi connectivity index (χ4n) is 4.64. The van der Waals surface area contributed by atoms with Crippen LogP contribution in [0.2, 0.25) is 0 Å². The van der Waals surface area contributed by atoms with E-state index in [4.69, 9.17) is 4.99 Å². The molecule has 1 unspecified atom stereocenters. The van der Waals surface area contributed by atoms with Crippen molar-refractivity contribution in [2.75, 3.05) is 62.0 Å². The molecular weight excluding hydrogens is 494 g/mol. The molecule has 37 heavy (non-hydrogen) atoms. The summed E-state index contributed by atoms with van der Waals surface area (Å²) in [7, 11) is 6.28. The second-order valence-electron chi connectivity index (χ2n) is 9.90. The first-order chi connectivity index (χ1) is 17.7. The number of anilines is 3. The fourth-order valence-corrected chi connectivity index (χ4v) is 5.11. The summed E-state index contributed by atoms with van der Waals surface area (Å²) in [6, 6.07) is 26.3. The second-order valence-corrected chi connectivity index (χ2v) is 11.3. The van der Waals surface area contributed by atoms with E-state index in [-0.39, 0.29) is 10.7 Å². The number of hydrogen-bond donors (Lipinski definition) is 2. The molecule has 1 aliphatic heterocycles. The average Bonchev–Trinajstić information content (AvgIpc) is 2.93. The van der Waals surface area contributed by atoms with E-state index < -0.39 is 0 Å². The molecule has 0 spiro atoms. The van der Waals surface area contributed by atoms with E-state index >= 15 is 0 Å². The monoisotopic (exact) mass is 533 g/mol. The lowest BCUT2D eigenvalue weighted by Gasteiger charge is -2.37. The predicted octanol–water partition coefficient (Wildman–Crippen LogP) is 6.36. The zero-order valence-electron chi connectivity index (χ0n) is 22.5. The van der Waals surface area contributed by atoms with Crippen molar-refractivity contribution in [2.45, 2.75) is 24.6 Å². The normalized spacial score (nSPS) is 15.7. The van der Waals surface area contributed by atoms with Gasteiger partial charge >= 0.3 is 0 Å². The Kier molecular flexibility index (Phi) is 9.11. The smallest absolute Gasteiger partial charge is 0.0970 e. The van der Waals surface area contributed by atoms with Crippen molar-refractivity contribution >= 4 is 53.7 Å². The number of hydrogen-bond acceptors (Lipinski definition) is 7. The van der Waals surface area contributed by atoms with E-state index in [1.807, 2.05) is 0 Å². The highest BCUT2D eigenvalue weighted by atomic mass is 32.2. The molecule has 0 bridgehead atoms. The third-order valence-electron chi connectivity index (χ3n) is 7.32. The van der Waals surface area contributed by atoms with Crippen LogP contribution in [0.5, 0.6) is 0 Å². The molecule has 1 fully saturated rings. The standard InChI is InChI=1S/C30H39N5S2/c1-22(24-6-14-29(15-7-24)34-18-20-35(21-19-34)30(36)37)31-26-10-16-28(17-11-26)33(5)23(2)25-8-12-27(13-9-25)32(3)4/h6-17,23,30,36-37H,18-21H2,1-5H3. The SMILES string of the molecule is CC(=Nc1ccc(N(C)C(C)c2ccc(N(C)C)cc2)cc1)c1ccc(N2CCN(C(S)S)CC2)cc1. The van der Waals surface area contributed by atoms with Gasteiger partial charge in [0, 0.05) is 70.1 Å². The topological polar surface area (TPSA) is 25.3 Å². The Morgan fingerprint density at radius 3 is 1.89 bits per heavy atom. The van der Waals surface area contributed by atoms with Gasteiger partial charge in [0.25, 0.3) is 0 Å². The minimum atomic E-state index is 0.0155. The van der Waals surface area contributed by atoms with Crippen molar-refractivity contribution in [3.63, 3.8) is 0 Å². The molecule has 7 heteroatoms. The molecule has 3 aromatic carbocycles. The summed E-state index contributed by atoms with van der Waals surface area (Å²) < 4.78 is 0.0155. The molecule has 0 amide bonds. The molecule has 0 aromatic heterocycles. The number of piperazine rings is 1. The number of thiol groups is 2. The second kappa shape index (κ2) is 12.3. The van der Waals surface area contributed by atoms with Gasteiger partial charge in [-0.2, -0.15) is 0 Å². The van der Waals surface area contributed by atoms with Crippen molar-refractivity contribution in [3.8, 4) is 0 Å². The summed E-state index contributed by atoms with van der Waals surface area (Å²) in [4.78, 5) is 14.0. The van der Waals surface area contributed by atoms with Crippen LogP contribution in [0.4, 0.5) is 22.7 Å². The lowest BCUT2D eigenvalue weighted by Crippen LogP contribution is -2.47. The molecule has 1 heterocycles. The first-order valence-corrected chi connectivity index (χ1v) is 13.9. The van der Waals surface area contributed by atoms with Crippen LogP contribution < -0.4 is 14.7 Å². The zero-order valence-corrected chi connectivity index (χ0v) is 24.3. The van der Waals surface area contributed by atoms with Gasteiger partial charge in [-0.1, -0.05) is 24.3 Å². The van der Waals surface area contributed by atoms with Gasteiger partial charge in [0.05, 0.1) is 16.4 Å². The summed E-state index contributed by atoms with van der Waals surface area (Å²) in [6.45, 7) is 8.25. The number of nitrogens with zero attached hydrogens (tertiary/aromatic N) is 5. The van der Waals surface area contributed by atoms with Gasteiger partial charge in [-0.25, -0.2) is 0 Å². The van der Waals surface area contributed by atoms with Crippen molar-refractivity contribution in [1.29, 1.82) is 0 Å². The van der Waals surface area contributed by atoms with Crippen molar-refractivity contribution in [3.05, 3.63) is 83.9 Å². The van der Waals surface area contributed by atoms with Gasteiger partial charge in [0.15, 0.2) is 0 Å². The summed E-state index contributed by atoms with van der Waals surface area (Å²) in [5.74, 6) is 0. The third-order valence-corrected chi connectivity index (χ3v) is 7.97. The molecule has 1 saturated heterocycles. The Balaban J connectivity index is 1.38. The average molecular weight is 534 g/mol. The van der Waals surface area contributed by atoms with Gasteiger partial charge in [0.2, 0.25) is 0 Å². The third kappa shape index (κ3) is 6.83. The van der Waals surface area contributed by atoms with Gasteiger partial charge in [-0.3, -0.25) is 9.89 Å². The van der Waals surface area contributed by atoms with Gasteiger partial charge in [-0.05, 0) is 73.5 Å². The van der Waals surface area contributed by atoms with E-state index in [1.54, 1.807) is 0 Å². The number of benzene rings is 3. The molecule has 0 saturated carbocycles. The fraction of sp³-hybridized carbons (Fsp3) is 0.367. The minimum absolute atomic E-state index is 0.0155. The van der Waals surface area contributed by atoms with E-state index in [9.17, 15) is 0 Å². The van der Waals surface area contributed by atoms with Gasteiger partial charge < -0.3 is 14.7 Å². The molecule has 4 rings (SSSR count). The highest BCUT2D eigenvalue weighted by molar-refractivity contribution is 7.99. The highest BCUT2D eigenvalue weighted by Crippen LogP contribution is 2.28. The molecule has 0 radical (unpaired) electrons. The van der Waals surface area contributed by atoms with E-state index in [0.29, 0.717) is 0 Å². The quantitative estimate of drug-likeness (QED) is 0.200. The largest absolute Gasteiger partial charge is 0.378 e. The van der Waals surface area contributed by atoms with Crippen LogP contribution in [0.1, 0.15) is 31.0 Å². The van der Waals surface area contributed by atoms with Crippen LogP contribution in [0.15, 0.2) is 77.8 Å². The number of aliphatic imine (C=N–C) groups is 1. The Morgan fingerprint density at radius 2 is 1.35 bits per heavy atom. The molecular formula is C30H39N5S2. The van der Waals surface area contributed by atoms with Gasteiger partial charge in [0.1, 0.15) is 0 Å². The zero-order chi connectivity index (χ0) is 26.5. The molecule has 196 valence electrons. The maximum Gasteiger partial charge on any atom is 0.0970 e. The summed E-state index contributed by atoms with van der Waals surface area (Å²) in [6.07, 6.45) is 0. The van der Waals surface area contributed by atoms with Crippen LogP contribution in [0.25, 0.3) is 0 Å². The van der Waals surface area contributed by atoms with Crippen molar-refractivity contribution < 1.29 is 0 Å². The predicted molar refractivity (Wildman–Crippen MR) is 168 cm³/mol. The molecule has 5 nitrogen and oxygen atoms in total. The van der Waals surface area contributed by atoms with Crippen LogP contribution in [-0.2, 0) is 0 Å². The summed E-state index contributed by atoms with van der Waals surface area (Å²) in [5.41, 5.74) is 8.06. The first kappa shape index (κ1) is 27.4. The molecule has 3 aromatic rings. The molecule has 0 N–H and O–H groups in total. The summed E-state index contributed by atoms with van der Waals surface area (Å²) >= 11 is 8.87. The Morgan fingerprint density at radius 1 is 0.784 bits per heavy atom. The lowest BCUT2D eigenvalue weighted by molar-refractivity contribution is 0.287. The first-order valence-electron chi connectivity index (χ1n) is 12.8. The molecule has 0 aliphatic carbocycles. The van der Waals surface area contributed by atoms with Crippen LogP contribution in [0.3, 0.4) is 0 Å². The Bertz CT molecular complexity index is 1170. The van der Waals surface area contributed by atoms with Crippen LogP contribution >= 0.6 is 25.3 Å². The molecule has 1 atom stereocenters. The Labute approximate surface area is 233 Å². The van der Waals surface area contributed by atoms with E-state index in [2.05, 4.69) is 153 Å².